The van der Waals surface area contributed by atoms with E-state index in [1.54, 1.807) is 7.11 Å². The van der Waals surface area contributed by atoms with Gasteiger partial charge in [-0.3, -0.25) is 14.6 Å². The predicted molar refractivity (Wildman–Crippen MR) is 76.0 cm³/mol. The number of halogens is 1. The standard InChI is InChI=1S/C13H17N3O2.ClH/c1-18-11-4-2-3-10(7-11)16-9-15-6-5-14-8-12(15)13(16)17;/h2-4,7,12,14H,5-6,8-9H2,1H3;1H. The number of carbonyl (C=O) groups excluding carboxylic acids is 1. The molecule has 3 rings (SSSR count). The lowest BCUT2D eigenvalue weighted by Crippen LogP contribution is -2.50. The van der Waals surface area contributed by atoms with Crippen LogP contribution in [-0.4, -0.2) is 50.3 Å². The molecule has 2 saturated heterocycles. The van der Waals surface area contributed by atoms with Crippen molar-refractivity contribution in [3.05, 3.63) is 24.3 Å². The summed E-state index contributed by atoms with van der Waals surface area (Å²) in [5.41, 5.74) is 0.911. The first-order valence-corrected chi connectivity index (χ1v) is 6.20. The summed E-state index contributed by atoms with van der Waals surface area (Å²) in [6.45, 7) is 3.31. The zero-order chi connectivity index (χ0) is 12.5. The van der Waals surface area contributed by atoms with Gasteiger partial charge in [-0.05, 0) is 12.1 Å². The van der Waals surface area contributed by atoms with Crippen LogP contribution in [0.15, 0.2) is 24.3 Å². The maximum Gasteiger partial charge on any atom is 0.246 e. The Kier molecular flexibility index (Phi) is 4.29. The lowest BCUT2D eigenvalue weighted by Gasteiger charge is -2.26. The molecule has 2 heterocycles. The Morgan fingerprint density at radius 3 is 3.00 bits per heavy atom. The van der Waals surface area contributed by atoms with E-state index in [9.17, 15) is 4.79 Å². The van der Waals surface area contributed by atoms with Gasteiger partial charge < -0.3 is 10.1 Å². The second kappa shape index (κ2) is 5.77. The highest BCUT2D eigenvalue weighted by Gasteiger charge is 2.40. The van der Waals surface area contributed by atoms with Gasteiger partial charge in [-0.25, -0.2) is 0 Å². The Balaban J connectivity index is 0.00000133. The molecular formula is C13H18ClN3O2. The summed E-state index contributed by atoms with van der Waals surface area (Å²) >= 11 is 0. The largest absolute Gasteiger partial charge is 0.497 e. The van der Waals surface area contributed by atoms with Crippen LogP contribution in [0.3, 0.4) is 0 Å². The molecule has 0 radical (unpaired) electrons. The van der Waals surface area contributed by atoms with Crippen molar-refractivity contribution < 1.29 is 9.53 Å². The van der Waals surface area contributed by atoms with Gasteiger partial charge in [0.1, 0.15) is 11.8 Å². The summed E-state index contributed by atoms with van der Waals surface area (Å²) in [7, 11) is 1.64. The second-order valence-corrected chi connectivity index (χ2v) is 4.64. The molecule has 2 fully saturated rings. The van der Waals surface area contributed by atoms with Gasteiger partial charge in [0.2, 0.25) is 5.91 Å². The van der Waals surface area contributed by atoms with Crippen molar-refractivity contribution in [2.45, 2.75) is 6.04 Å². The minimum atomic E-state index is -0.00930. The van der Waals surface area contributed by atoms with Gasteiger partial charge in [0.25, 0.3) is 0 Å². The maximum atomic E-state index is 12.3. The topological polar surface area (TPSA) is 44.8 Å². The third-order valence-corrected chi connectivity index (χ3v) is 3.59. The Hall–Kier alpha value is -1.30. The Labute approximate surface area is 118 Å². The van der Waals surface area contributed by atoms with E-state index in [2.05, 4.69) is 10.2 Å². The molecule has 2 aliphatic heterocycles. The van der Waals surface area contributed by atoms with E-state index in [1.165, 1.54) is 0 Å². The van der Waals surface area contributed by atoms with Crippen molar-refractivity contribution in [3.8, 4) is 5.75 Å². The lowest BCUT2D eigenvalue weighted by atomic mass is 10.2. The fourth-order valence-electron chi connectivity index (χ4n) is 2.58. The number of anilines is 1. The monoisotopic (exact) mass is 283 g/mol. The number of rotatable bonds is 2. The van der Waals surface area contributed by atoms with Gasteiger partial charge in [0, 0.05) is 31.4 Å². The van der Waals surface area contributed by atoms with Crippen molar-refractivity contribution in [1.29, 1.82) is 0 Å². The molecule has 1 N–H and O–H groups in total. The van der Waals surface area contributed by atoms with E-state index in [0.717, 1.165) is 31.1 Å². The van der Waals surface area contributed by atoms with Crippen LogP contribution in [0.4, 0.5) is 5.69 Å². The molecule has 1 aromatic rings. The van der Waals surface area contributed by atoms with Crippen molar-refractivity contribution in [3.63, 3.8) is 0 Å². The van der Waals surface area contributed by atoms with Crippen molar-refractivity contribution >= 4 is 24.0 Å². The molecule has 0 spiro atoms. The summed E-state index contributed by atoms with van der Waals surface area (Å²) in [5, 5.41) is 3.27. The van der Waals surface area contributed by atoms with E-state index >= 15 is 0 Å². The predicted octanol–water partition coefficient (Wildman–Crippen LogP) is 0.695. The minimum absolute atomic E-state index is 0. The normalized spacial score (nSPS) is 22.9. The molecule has 0 aliphatic carbocycles. The van der Waals surface area contributed by atoms with Gasteiger partial charge in [-0.15, -0.1) is 12.4 Å². The lowest BCUT2D eigenvalue weighted by molar-refractivity contribution is -0.119. The molecule has 5 nitrogen and oxygen atoms in total. The summed E-state index contributed by atoms with van der Waals surface area (Å²) in [6.07, 6.45) is 0. The highest BCUT2D eigenvalue weighted by atomic mass is 35.5. The van der Waals surface area contributed by atoms with Crippen LogP contribution in [-0.2, 0) is 4.79 Å². The molecule has 1 atom stereocenters. The molecule has 0 saturated carbocycles. The molecule has 0 aromatic heterocycles. The Bertz CT molecular complexity index is 469. The van der Waals surface area contributed by atoms with Crippen LogP contribution in [0.5, 0.6) is 5.75 Å². The zero-order valence-corrected chi connectivity index (χ0v) is 11.7. The second-order valence-electron chi connectivity index (χ2n) is 4.64. The third-order valence-electron chi connectivity index (χ3n) is 3.59. The van der Waals surface area contributed by atoms with E-state index in [0.29, 0.717) is 6.67 Å². The summed E-state index contributed by atoms with van der Waals surface area (Å²) in [4.78, 5) is 16.4. The number of methoxy groups -OCH3 is 1. The van der Waals surface area contributed by atoms with E-state index in [4.69, 9.17) is 4.74 Å². The number of amides is 1. The van der Waals surface area contributed by atoms with E-state index in [1.807, 2.05) is 29.2 Å². The van der Waals surface area contributed by atoms with Gasteiger partial charge >= 0.3 is 0 Å². The zero-order valence-electron chi connectivity index (χ0n) is 10.8. The average molecular weight is 284 g/mol. The van der Waals surface area contributed by atoms with Crippen LogP contribution >= 0.6 is 12.4 Å². The molecule has 104 valence electrons. The number of hydrogen-bond donors (Lipinski definition) is 1. The van der Waals surface area contributed by atoms with Crippen LogP contribution in [0, 0.1) is 0 Å². The van der Waals surface area contributed by atoms with Crippen LogP contribution in [0.1, 0.15) is 0 Å². The molecule has 6 heteroatoms. The number of ether oxygens (including phenoxy) is 1. The molecular weight excluding hydrogens is 266 g/mol. The van der Waals surface area contributed by atoms with Crippen LogP contribution in [0.2, 0.25) is 0 Å². The van der Waals surface area contributed by atoms with E-state index < -0.39 is 0 Å². The van der Waals surface area contributed by atoms with E-state index in [-0.39, 0.29) is 24.4 Å². The third kappa shape index (κ3) is 2.54. The molecule has 1 unspecified atom stereocenters. The van der Waals surface area contributed by atoms with Gasteiger partial charge in [0.05, 0.1) is 13.8 Å². The first kappa shape index (κ1) is 14.1. The number of hydrogen-bond acceptors (Lipinski definition) is 4. The number of carbonyl (C=O) groups is 1. The smallest absolute Gasteiger partial charge is 0.246 e. The summed E-state index contributed by atoms with van der Waals surface area (Å²) in [6, 6.07) is 7.65. The number of nitrogens with one attached hydrogen (secondary N) is 1. The van der Waals surface area contributed by atoms with Gasteiger partial charge in [0.15, 0.2) is 0 Å². The fourth-order valence-corrected chi connectivity index (χ4v) is 2.58. The van der Waals surface area contributed by atoms with Crippen molar-refractivity contribution in [1.82, 2.24) is 10.2 Å². The fraction of sp³-hybridized carbons (Fsp3) is 0.462. The quantitative estimate of drug-likeness (QED) is 0.868. The number of nitrogens with zero attached hydrogens (tertiary/aromatic N) is 2. The first-order chi connectivity index (χ1) is 8.79. The average Bonchev–Trinajstić information content (AvgIpc) is 2.77. The molecule has 1 aromatic carbocycles. The molecule has 1 amide bonds. The van der Waals surface area contributed by atoms with Crippen LogP contribution < -0.4 is 15.0 Å². The summed E-state index contributed by atoms with van der Waals surface area (Å²) in [5.74, 6) is 0.957. The number of piperazine rings is 1. The van der Waals surface area contributed by atoms with Crippen LogP contribution in [0.25, 0.3) is 0 Å². The highest BCUT2D eigenvalue weighted by molar-refractivity contribution is 5.99. The molecule has 0 bridgehead atoms. The molecule has 19 heavy (non-hydrogen) atoms. The summed E-state index contributed by atoms with van der Waals surface area (Å²) < 4.78 is 5.20. The SMILES string of the molecule is COc1cccc(N2CN3CCNCC3C2=O)c1.Cl. The number of benzene rings is 1. The maximum absolute atomic E-state index is 12.3. The van der Waals surface area contributed by atoms with Gasteiger partial charge in [-0.2, -0.15) is 0 Å². The van der Waals surface area contributed by atoms with Gasteiger partial charge in [-0.1, -0.05) is 6.07 Å². The Morgan fingerprint density at radius 1 is 1.42 bits per heavy atom. The molecule has 2 aliphatic rings. The Morgan fingerprint density at radius 2 is 2.26 bits per heavy atom. The van der Waals surface area contributed by atoms with Crippen molar-refractivity contribution in [2.75, 3.05) is 38.3 Å². The highest BCUT2D eigenvalue weighted by Crippen LogP contribution is 2.26. The minimum Gasteiger partial charge on any atom is -0.497 e. The van der Waals surface area contributed by atoms with Crippen molar-refractivity contribution in [2.24, 2.45) is 0 Å². The number of fused-ring (bicyclic) bond motifs is 1. The first-order valence-electron chi connectivity index (χ1n) is 6.20.